The number of imidazole rings is 1. The molecule has 0 bridgehead atoms. The molecule has 0 aliphatic heterocycles. The van der Waals surface area contributed by atoms with Crippen molar-refractivity contribution in [2.75, 3.05) is 0 Å². The lowest BCUT2D eigenvalue weighted by molar-refractivity contribution is -0.137. The highest BCUT2D eigenvalue weighted by Gasteiger charge is 2.30. The van der Waals surface area contributed by atoms with E-state index in [1.54, 1.807) is 35.0 Å². The van der Waals surface area contributed by atoms with Gasteiger partial charge in [-0.1, -0.05) is 47.2 Å². The number of carbonyl (C=O) groups is 1. The molecule has 0 aliphatic rings. The number of benzene rings is 2. The Morgan fingerprint density at radius 2 is 1.90 bits per heavy atom. The molecule has 0 radical (unpaired) electrons. The van der Waals surface area contributed by atoms with Gasteiger partial charge in [0.05, 0.1) is 10.4 Å². The Morgan fingerprint density at radius 1 is 1.14 bits per heavy atom. The molecule has 0 spiro atoms. The molecule has 4 rings (SSSR count). The SMILES string of the molecule is O=C(NCc1ccc(Cl)cc1)c1cn2cc(-c3cccc(C(F)(F)F)c3)sc2n1. The van der Waals surface area contributed by atoms with Crippen molar-refractivity contribution in [3.05, 3.63) is 82.8 Å². The highest BCUT2D eigenvalue weighted by Crippen LogP contribution is 2.34. The van der Waals surface area contributed by atoms with E-state index in [-0.39, 0.29) is 11.6 Å². The molecule has 0 saturated heterocycles. The van der Waals surface area contributed by atoms with Crippen LogP contribution in [0.1, 0.15) is 21.6 Å². The van der Waals surface area contributed by atoms with E-state index >= 15 is 0 Å². The van der Waals surface area contributed by atoms with Gasteiger partial charge in [-0.15, -0.1) is 0 Å². The van der Waals surface area contributed by atoms with E-state index in [9.17, 15) is 18.0 Å². The molecular formula is C20H13ClF3N3OS. The van der Waals surface area contributed by atoms with Gasteiger partial charge in [0.2, 0.25) is 0 Å². The summed E-state index contributed by atoms with van der Waals surface area (Å²) in [6, 6.07) is 12.2. The van der Waals surface area contributed by atoms with Crippen molar-refractivity contribution in [2.24, 2.45) is 0 Å². The second-order valence-corrected chi connectivity index (χ2v) is 7.74. The summed E-state index contributed by atoms with van der Waals surface area (Å²) < 4.78 is 40.4. The van der Waals surface area contributed by atoms with Gasteiger partial charge < -0.3 is 5.32 Å². The molecule has 0 atom stereocenters. The average Bonchev–Trinajstić information content (AvgIpc) is 3.26. The van der Waals surface area contributed by atoms with Gasteiger partial charge in [-0.2, -0.15) is 13.2 Å². The maximum atomic E-state index is 12.9. The predicted octanol–water partition coefficient (Wildman–Crippen LogP) is 5.67. The van der Waals surface area contributed by atoms with Crippen LogP contribution in [0.25, 0.3) is 15.4 Å². The number of fused-ring (bicyclic) bond motifs is 1. The van der Waals surface area contributed by atoms with E-state index in [0.717, 1.165) is 17.7 Å². The first-order valence-electron chi connectivity index (χ1n) is 8.48. The van der Waals surface area contributed by atoms with Crippen LogP contribution in [0.5, 0.6) is 0 Å². The zero-order valence-corrected chi connectivity index (χ0v) is 16.3. The lowest BCUT2D eigenvalue weighted by atomic mass is 10.1. The maximum absolute atomic E-state index is 12.9. The van der Waals surface area contributed by atoms with Crippen molar-refractivity contribution < 1.29 is 18.0 Å². The van der Waals surface area contributed by atoms with Gasteiger partial charge in [-0.05, 0) is 35.4 Å². The van der Waals surface area contributed by atoms with Crippen LogP contribution in [-0.2, 0) is 12.7 Å². The first kappa shape index (κ1) is 19.5. The molecule has 0 aliphatic carbocycles. The van der Waals surface area contributed by atoms with Gasteiger partial charge in [-0.3, -0.25) is 9.20 Å². The zero-order valence-electron chi connectivity index (χ0n) is 14.7. The van der Waals surface area contributed by atoms with E-state index in [1.807, 2.05) is 12.1 Å². The first-order valence-corrected chi connectivity index (χ1v) is 9.68. The van der Waals surface area contributed by atoms with Crippen molar-refractivity contribution in [1.82, 2.24) is 14.7 Å². The minimum atomic E-state index is -4.40. The molecule has 9 heteroatoms. The van der Waals surface area contributed by atoms with Crippen LogP contribution >= 0.6 is 22.9 Å². The van der Waals surface area contributed by atoms with Crippen LogP contribution in [0.15, 0.2) is 60.9 Å². The van der Waals surface area contributed by atoms with Crippen molar-refractivity contribution >= 4 is 33.8 Å². The number of rotatable bonds is 4. The lowest BCUT2D eigenvalue weighted by Crippen LogP contribution is -2.23. The Balaban J connectivity index is 1.51. The molecular weight excluding hydrogens is 423 g/mol. The molecule has 0 saturated carbocycles. The van der Waals surface area contributed by atoms with Gasteiger partial charge in [0.15, 0.2) is 4.96 Å². The number of halogens is 4. The van der Waals surface area contributed by atoms with Gasteiger partial charge >= 0.3 is 6.18 Å². The van der Waals surface area contributed by atoms with Crippen LogP contribution in [0.4, 0.5) is 13.2 Å². The fourth-order valence-electron chi connectivity index (χ4n) is 2.76. The Bertz CT molecular complexity index is 1150. The van der Waals surface area contributed by atoms with Gasteiger partial charge in [0.1, 0.15) is 5.69 Å². The van der Waals surface area contributed by atoms with E-state index in [2.05, 4.69) is 10.3 Å². The number of hydrogen-bond donors (Lipinski definition) is 1. The van der Waals surface area contributed by atoms with Crippen LogP contribution < -0.4 is 5.32 Å². The molecule has 4 nitrogen and oxygen atoms in total. The van der Waals surface area contributed by atoms with Crippen LogP contribution in [0.2, 0.25) is 5.02 Å². The number of nitrogens with zero attached hydrogens (tertiary/aromatic N) is 2. The number of amides is 1. The Hall–Kier alpha value is -2.84. The van der Waals surface area contributed by atoms with Gasteiger partial charge in [0, 0.05) is 24.0 Å². The summed E-state index contributed by atoms with van der Waals surface area (Å²) in [5.74, 6) is -0.337. The third kappa shape index (κ3) is 4.28. The second kappa shape index (κ2) is 7.53. The highest BCUT2D eigenvalue weighted by atomic mass is 35.5. The standard InChI is InChI=1S/C20H13ClF3N3OS/c21-15-6-4-12(5-7-15)9-25-18(28)16-10-27-11-17(29-19(27)26-16)13-2-1-3-14(8-13)20(22,23)24/h1-8,10-11H,9H2,(H,25,28). The number of thiazole rings is 1. The lowest BCUT2D eigenvalue weighted by Gasteiger charge is -2.07. The van der Waals surface area contributed by atoms with Crippen molar-refractivity contribution in [1.29, 1.82) is 0 Å². The van der Waals surface area contributed by atoms with Crippen LogP contribution in [0, 0.1) is 0 Å². The number of aromatic nitrogens is 2. The summed E-state index contributed by atoms with van der Waals surface area (Å²) in [5, 5.41) is 3.39. The second-order valence-electron chi connectivity index (χ2n) is 6.30. The summed E-state index contributed by atoms with van der Waals surface area (Å²) >= 11 is 7.05. The Kier molecular flexibility index (Phi) is 5.06. The largest absolute Gasteiger partial charge is 0.416 e. The summed E-state index contributed by atoms with van der Waals surface area (Å²) in [6.07, 6.45) is -1.18. The van der Waals surface area contributed by atoms with Gasteiger partial charge in [0.25, 0.3) is 5.91 Å². The normalized spacial score (nSPS) is 11.7. The third-order valence-corrected chi connectivity index (χ3v) is 5.53. The minimum Gasteiger partial charge on any atom is -0.347 e. The number of hydrogen-bond acceptors (Lipinski definition) is 3. The molecule has 0 fully saturated rings. The van der Waals surface area contributed by atoms with Crippen LogP contribution in [0.3, 0.4) is 0 Å². The number of nitrogens with one attached hydrogen (secondary N) is 1. The number of alkyl halides is 3. The van der Waals surface area contributed by atoms with Gasteiger partial charge in [-0.25, -0.2) is 4.98 Å². The van der Waals surface area contributed by atoms with Crippen LogP contribution in [-0.4, -0.2) is 15.3 Å². The fourth-order valence-corrected chi connectivity index (χ4v) is 3.85. The highest BCUT2D eigenvalue weighted by molar-refractivity contribution is 7.20. The quantitative estimate of drug-likeness (QED) is 0.449. The summed E-state index contributed by atoms with van der Waals surface area (Å²) in [5.41, 5.74) is 0.879. The van der Waals surface area contributed by atoms with E-state index in [0.29, 0.717) is 27.0 Å². The first-order chi connectivity index (χ1) is 13.8. The minimum absolute atomic E-state index is 0.237. The topological polar surface area (TPSA) is 46.4 Å². The molecule has 1 amide bonds. The fraction of sp³-hybridized carbons (Fsp3) is 0.100. The third-order valence-electron chi connectivity index (χ3n) is 4.23. The van der Waals surface area contributed by atoms with Crippen molar-refractivity contribution in [3.8, 4) is 10.4 Å². The molecule has 29 heavy (non-hydrogen) atoms. The van der Waals surface area contributed by atoms with E-state index < -0.39 is 11.7 Å². The molecule has 4 aromatic rings. The Morgan fingerprint density at radius 3 is 2.59 bits per heavy atom. The smallest absolute Gasteiger partial charge is 0.347 e. The summed E-state index contributed by atoms with van der Waals surface area (Å²) in [4.78, 5) is 17.8. The monoisotopic (exact) mass is 435 g/mol. The maximum Gasteiger partial charge on any atom is 0.416 e. The average molecular weight is 436 g/mol. The Labute approximate surface area is 172 Å². The summed E-state index contributed by atoms with van der Waals surface area (Å²) in [7, 11) is 0. The molecule has 148 valence electrons. The molecule has 2 aromatic heterocycles. The molecule has 2 aromatic carbocycles. The van der Waals surface area contributed by atoms with E-state index in [4.69, 9.17) is 11.6 Å². The van der Waals surface area contributed by atoms with E-state index in [1.165, 1.54) is 17.4 Å². The molecule has 1 N–H and O–H groups in total. The molecule has 2 heterocycles. The number of carbonyl (C=O) groups excluding carboxylic acids is 1. The summed E-state index contributed by atoms with van der Waals surface area (Å²) in [6.45, 7) is 0.330. The molecule has 0 unspecified atom stereocenters. The van der Waals surface area contributed by atoms with Crippen molar-refractivity contribution in [3.63, 3.8) is 0 Å². The zero-order chi connectivity index (χ0) is 20.6. The van der Waals surface area contributed by atoms with Crippen molar-refractivity contribution in [2.45, 2.75) is 12.7 Å². The predicted molar refractivity (Wildman–Crippen MR) is 106 cm³/mol.